The van der Waals surface area contributed by atoms with Gasteiger partial charge in [-0.2, -0.15) is 0 Å². The second kappa shape index (κ2) is 11.9. The van der Waals surface area contributed by atoms with Crippen LogP contribution < -0.4 is 25.4 Å². The van der Waals surface area contributed by atoms with Crippen molar-refractivity contribution in [2.24, 2.45) is 52.3 Å². The number of nitrogens with one attached hydrogen (secondary N) is 3. The molecule has 0 bridgehead atoms. The first kappa shape index (κ1) is 31.9. The molecule has 8 rings (SSSR count). The van der Waals surface area contributed by atoms with Crippen molar-refractivity contribution in [3.8, 4) is 11.5 Å². The van der Waals surface area contributed by atoms with Crippen LogP contribution in [0.25, 0.3) is 0 Å². The van der Waals surface area contributed by atoms with E-state index in [1.54, 1.807) is 0 Å². The van der Waals surface area contributed by atoms with Gasteiger partial charge in [-0.15, -0.1) is 0 Å². The van der Waals surface area contributed by atoms with Crippen LogP contribution in [-0.2, 0) is 20.7 Å². The van der Waals surface area contributed by atoms with Gasteiger partial charge in [0.05, 0.1) is 6.10 Å². The van der Waals surface area contributed by atoms with Crippen LogP contribution in [0.15, 0.2) is 18.2 Å². The fourth-order valence-corrected chi connectivity index (χ4v) is 12.5. The van der Waals surface area contributed by atoms with Crippen molar-refractivity contribution in [1.29, 1.82) is 0 Å². The summed E-state index contributed by atoms with van der Waals surface area (Å²) >= 11 is 0. The molecule has 7 aliphatic rings. The summed E-state index contributed by atoms with van der Waals surface area (Å²) in [7, 11) is 0. The lowest BCUT2D eigenvalue weighted by molar-refractivity contribution is -0.137. The molecule has 4 saturated carbocycles. The van der Waals surface area contributed by atoms with Gasteiger partial charge in [-0.25, -0.2) is 0 Å². The van der Waals surface area contributed by atoms with Crippen molar-refractivity contribution in [3.05, 3.63) is 23.8 Å². The van der Waals surface area contributed by atoms with E-state index in [1.165, 1.54) is 51.4 Å². The number of carbonyl (C=O) groups excluding carboxylic acids is 2. The summed E-state index contributed by atoms with van der Waals surface area (Å²) in [6.45, 7) is 11.9. The van der Waals surface area contributed by atoms with Crippen LogP contribution in [0, 0.1) is 52.3 Å². The fourth-order valence-electron chi connectivity index (χ4n) is 12.5. The van der Waals surface area contributed by atoms with E-state index >= 15 is 0 Å². The van der Waals surface area contributed by atoms with E-state index in [0.29, 0.717) is 47.7 Å². The highest BCUT2D eigenvalue weighted by Gasteiger charge is 2.68. The molecule has 258 valence electrons. The molecule has 0 radical (unpaired) electrons. The minimum absolute atomic E-state index is 0.0893. The molecule has 3 aliphatic heterocycles. The highest BCUT2D eigenvalue weighted by atomic mass is 16.7. The SMILES string of the molecule is C[C@@H]1CC[C@@]2(NC1)O[C@H]1C[C@H]3[C@@H]4CC[C@H]5C[C@@H](NC(=O)CC(=O)NCCc6ccc7c(c6)OCO7)CC[C@]5(C)[C@H]4CC[C@]3(C)[C@H]1[C@@H]2C. The molecule has 47 heavy (non-hydrogen) atoms. The van der Waals surface area contributed by atoms with E-state index in [4.69, 9.17) is 14.2 Å². The topological polar surface area (TPSA) is 97.9 Å². The Balaban J connectivity index is 0.832. The summed E-state index contributed by atoms with van der Waals surface area (Å²) in [6.07, 6.45) is 13.2. The van der Waals surface area contributed by atoms with Gasteiger partial charge in [0.1, 0.15) is 12.1 Å². The third-order valence-corrected chi connectivity index (χ3v) is 15.0. The molecular weight excluding hydrogens is 590 g/mol. The molecule has 1 spiro atoms. The number of piperidine rings is 1. The van der Waals surface area contributed by atoms with Crippen molar-refractivity contribution in [2.75, 3.05) is 19.9 Å². The maximum absolute atomic E-state index is 12.9. The maximum Gasteiger partial charge on any atom is 0.231 e. The summed E-state index contributed by atoms with van der Waals surface area (Å²) < 4.78 is 17.9. The van der Waals surface area contributed by atoms with Crippen LogP contribution in [-0.4, -0.2) is 49.6 Å². The molecule has 8 nitrogen and oxygen atoms in total. The standard InChI is InChI=1S/C39H57N3O5/c1-23-9-15-39(41-21-23)24(2)36-33(47-39)19-30-28-7-6-26-18-27(10-13-37(26,3)29(28)11-14-38(30,36)4)42-35(44)20-34(43)40-16-12-25-5-8-31-32(17-25)46-22-45-31/h5,8,17,23-24,26-30,33,36,41H,6-7,9-16,18-22H2,1-4H3,(H,40,43)(H,42,44)/t23-,24+,26+,27+,28-,29+,30+,33+,36+,37+,38+,39-/m1/s1. The summed E-state index contributed by atoms with van der Waals surface area (Å²) in [4.78, 5) is 25.5. The predicted molar refractivity (Wildman–Crippen MR) is 180 cm³/mol. The highest BCUT2D eigenvalue weighted by Crippen LogP contribution is 2.71. The molecule has 3 heterocycles. The minimum atomic E-state index is -0.214. The molecule has 8 heteroatoms. The Morgan fingerprint density at radius 1 is 0.915 bits per heavy atom. The van der Waals surface area contributed by atoms with Gasteiger partial charge < -0.3 is 24.8 Å². The Kier molecular flexibility index (Phi) is 8.10. The first-order valence-corrected chi connectivity index (χ1v) is 19.0. The van der Waals surface area contributed by atoms with Gasteiger partial charge >= 0.3 is 0 Å². The van der Waals surface area contributed by atoms with E-state index in [2.05, 4.69) is 43.6 Å². The zero-order valence-corrected chi connectivity index (χ0v) is 29.1. The van der Waals surface area contributed by atoms with Crippen molar-refractivity contribution in [1.82, 2.24) is 16.0 Å². The van der Waals surface area contributed by atoms with Crippen molar-refractivity contribution >= 4 is 11.8 Å². The molecule has 0 unspecified atom stereocenters. The zero-order chi connectivity index (χ0) is 32.6. The summed E-state index contributed by atoms with van der Waals surface area (Å²) in [5, 5.41) is 10.1. The van der Waals surface area contributed by atoms with Crippen molar-refractivity contribution in [2.45, 2.75) is 123 Å². The van der Waals surface area contributed by atoms with Gasteiger partial charge in [0.15, 0.2) is 11.5 Å². The van der Waals surface area contributed by atoms with Gasteiger partial charge in [-0.1, -0.05) is 33.8 Å². The highest BCUT2D eigenvalue weighted by molar-refractivity contribution is 5.96. The molecule has 1 aromatic carbocycles. The average Bonchev–Trinajstić information content (AvgIpc) is 3.70. The van der Waals surface area contributed by atoms with E-state index in [1.807, 2.05) is 18.2 Å². The van der Waals surface area contributed by atoms with Crippen LogP contribution >= 0.6 is 0 Å². The smallest absolute Gasteiger partial charge is 0.231 e. The Morgan fingerprint density at radius 3 is 2.57 bits per heavy atom. The molecule has 2 saturated heterocycles. The lowest BCUT2D eigenvalue weighted by Gasteiger charge is -2.61. The summed E-state index contributed by atoms with van der Waals surface area (Å²) in [5.74, 6) is 6.15. The largest absolute Gasteiger partial charge is 0.454 e. The van der Waals surface area contributed by atoms with Crippen LogP contribution in [0.3, 0.4) is 0 Å². The number of hydrogen-bond acceptors (Lipinski definition) is 6. The Morgan fingerprint density at radius 2 is 1.74 bits per heavy atom. The Hall–Kier alpha value is -2.32. The number of fused-ring (bicyclic) bond motifs is 8. The van der Waals surface area contributed by atoms with Crippen LogP contribution in [0.5, 0.6) is 11.5 Å². The molecule has 0 aromatic heterocycles. The summed E-state index contributed by atoms with van der Waals surface area (Å²) in [6, 6.07) is 6.02. The second-order valence-electron chi connectivity index (χ2n) is 17.3. The van der Waals surface area contributed by atoms with E-state index < -0.39 is 0 Å². The monoisotopic (exact) mass is 647 g/mol. The van der Waals surface area contributed by atoms with Crippen molar-refractivity contribution < 1.29 is 23.8 Å². The van der Waals surface area contributed by atoms with Gasteiger partial charge in [0.2, 0.25) is 18.6 Å². The minimum Gasteiger partial charge on any atom is -0.454 e. The molecule has 2 amide bonds. The van der Waals surface area contributed by atoms with Gasteiger partial charge in [-0.05, 0) is 135 Å². The van der Waals surface area contributed by atoms with E-state index in [-0.39, 0.29) is 36.8 Å². The molecule has 1 aromatic rings. The quantitative estimate of drug-likeness (QED) is 0.330. The second-order valence-corrected chi connectivity index (χ2v) is 17.3. The lowest BCUT2D eigenvalue weighted by Crippen LogP contribution is -2.58. The zero-order valence-electron chi connectivity index (χ0n) is 29.1. The maximum atomic E-state index is 12.9. The fraction of sp³-hybridized carbons (Fsp3) is 0.795. The average molecular weight is 648 g/mol. The number of amides is 2. The Bertz CT molecular complexity index is 1380. The van der Waals surface area contributed by atoms with Gasteiger partial charge in [0, 0.05) is 25.0 Å². The molecular formula is C39H57N3O5. The number of ether oxygens (including phenoxy) is 3. The molecule has 6 fully saturated rings. The van der Waals surface area contributed by atoms with Crippen LogP contribution in [0.4, 0.5) is 0 Å². The predicted octanol–water partition coefficient (Wildman–Crippen LogP) is 5.97. The molecule has 4 aliphatic carbocycles. The summed E-state index contributed by atoms with van der Waals surface area (Å²) in [5.41, 5.74) is 1.72. The number of benzene rings is 1. The van der Waals surface area contributed by atoms with E-state index in [0.717, 1.165) is 60.1 Å². The van der Waals surface area contributed by atoms with Gasteiger partial charge in [0.25, 0.3) is 0 Å². The third kappa shape index (κ3) is 5.39. The first-order valence-electron chi connectivity index (χ1n) is 19.0. The normalized spacial score (nSPS) is 44.6. The molecule has 12 atom stereocenters. The Labute approximate surface area is 281 Å². The lowest BCUT2D eigenvalue weighted by atomic mass is 9.44. The number of carbonyl (C=O) groups is 2. The van der Waals surface area contributed by atoms with Crippen molar-refractivity contribution in [3.63, 3.8) is 0 Å². The number of hydrogen-bond donors (Lipinski definition) is 3. The third-order valence-electron chi connectivity index (χ3n) is 15.0. The molecule has 3 N–H and O–H groups in total. The van der Waals surface area contributed by atoms with Crippen LogP contribution in [0.1, 0.15) is 104 Å². The van der Waals surface area contributed by atoms with Gasteiger partial charge in [-0.3, -0.25) is 14.9 Å². The van der Waals surface area contributed by atoms with Crippen LogP contribution in [0.2, 0.25) is 0 Å². The van der Waals surface area contributed by atoms with E-state index in [9.17, 15) is 9.59 Å². The first-order chi connectivity index (χ1) is 22.6. The number of rotatable bonds is 6.